The summed E-state index contributed by atoms with van der Waals surface area (Å²) < 4.78 is 6.41. The number of nitrogens with zero attached hydrogens (tertiary/aromatic N) is 1. The monoisotopic (exact) mass is 371 g/mol. The van der Waals surface area contributed by atoms with Crippen LogP contribution in [0.1, 0.15) is 34.5 Å². The summed E-state index contributed by atoms with van der Waals surface area (Å²) in [6, 6.07) is 11.3. The van der Waals surface area contributed by atoms with Crippen molar-refractivity contribution in [1.82, 2.24) is 4.57 Å². The largest absolute Gasteiger partial charge is 0.508 e. The first-order chi connectivity index (χ1) is 12.3. The molecule has 6 heteroatoms. The van der Waals surface area contributed by atoms with Gasteiger partial charge in [-0.1, -0.05) is 11.6 Å². The van der Waals surface area contributed by atoms with Crippen LogP contribution in [0.4, 0.5) is 0 Å². The van der Waals surface area contributed by atoms with Crippen molar-refractivity contribution in [3.05, 3.63) is 64.3 Å². The molecule has 3 rings (SSSR count). The number of aromatic hydroxyl groups is 1. The fraction of sp³-hybridized carbons (Fsp3) is 0.200. The Morgan fingerprint density at radius 3 is 2.42 bits per heavy atom. The zero-order chi connectivity index (χ0) is 19.0. The molecule has 26 heavy (non-hydrogen) atoms. The topological polar surface area (TPSA) is 68.5 Å². The summed E-state index contributed by atoms with van der Waals surface area (Å²) in [7, 11) is 1.32. The van der Waals surface area contributed by atoms with E-state index >= 15 is 0 Å². The zero-order valence-electron chi connectivity index (χ0n) is 14.6. The highest BCUT2D eigenvalue weighted by Gasteiger charge is 2.27. The van der Waals surface area contributed by atoms with E-state index in [2.05, 4.69) is 0 Å². The van der Waals surface area contributed by atoms with E-state index in [9.17, 15) is 14.7 Å². The normalized spacial score (nSPS) is 12.2. The van der Waals surface area contributed by atoms with Crippen LogP contribution in [0.15, 0.2) is 42.5 Å². The van der Waals surface area contributed by atoms with Gasteiger partial charge in [-0.2, -0.15) is 0 Å². The molecule has 0 saturated carbocycles. The van der Waals surface area contributed by atoms with Gasteiger partial charge in [0.25, 0.3) is 5.91 Å². The van der Waals surface area contributed by atoms with Gasteiger partial charge in [-0.15, -0.1) is 0 Å². The van der Waals surface area contributed by atoms with Crippen molar-refractivity contribution >= 4 is 34.4 Å². The van der Waals surface area contributed by atoms with Crippen molar-refractivity contribution in [3.63, 3.8) is 0 Å². The van der Waals surface area contributed by atoms with Crippen LogP contribution >= 0.6 is 11.6 Å². The Hall–Kier alpha value is -2.79. The van der Waals surface area contributed by atoms with E-state index in [1.165, 1.54) is 13.2 Å². The number of phenolic OH excluding ortho intramolecular Hbond substituents is 1. The number of hydrogen-bond donors (Lipinski definition) is 1. The van der Waals surface area contributed by atoms with E-state index in [0.29, 0.717) is 32.7 Å². The van der Waals surface area contributed by atoms with Gasteiger partial charge >= 0.3 is 5.97 Å². The van der Waals surface area contributed by atoms with Gasteiger partial charge in [0.2, 0.25) is 0 Å². The van der Waals surface area contributed by atoms with Crippen LogP contribution in [-0.4, -0.2) is 28.7 Å². The molecule has 134 valence electrons. The van der Waals surface area contributed by atoms with Crippen LogP contribution in [0.2, 0.25) is 5.02 Å². The minimum Gasteiger partial charge on any atom is -0.508 e. The van der Waals surface area contributed by atoms with Gasteiger partial charge in [-0.25, -0.2) is 0 Å². The number of halogens is 1. The van der Waals surface area contributed by atoms with E-state index in [4.69, 9.17) is 16.3 Å². The molecule has 1 aromatic heterocycles. The lowest BCUT2D eigenvalue weighted by Gasteiger charge is -2.11. The SMILES string of the molecule is COC(=O)C(C)c1c(C)n(C(=O)c2ccc(Cl)cc2)c2ccc(O)cc12. The first-order valence-electron chi connectivity index (χ1n) is 8.07. The maximum atomic E-state index is 13.1. The van der Waals surface area contributed by atoms with E-state index < -0.39 is 11.9 Å². The van der Waals surface area contributed by atoms with Gasteiger partial charge in [0.05, 0.1) is 18.5 Å². The van der Waals surface area contributed by atoms with Crippen LogP contribution in [0.5, 0.6) is 5.75 Å². The molecule has 0 aliphatic carbocycles. The maximum Gasteiger partial charge on any atom is 0.312 e. The zero-order valence-corrected chi connectivity index (χ0v) is 15.4. The lowest BCUT2D eigenvalue weighted by molar-refractivity contribution is -0.141. The second-order valence-corrected chi connectivity index (χ2v) is 6.53. The van der Waals surface area contributed by atoms with Gasteiger partial charge in [0, 0.05) is 21.7 Å². The van der Waals surface area contributed by atoms with Crippen LogP contribution in [0, 0.1) is 6.92 Å². The fourth-order valence-electron chi connectivity index (χ4n) is 3.26. The molecule has 1 N–H and O–H groups in total. The Bertz CT molecular complexity index is 1000. The molecule has 2 aromatic carbocycles. The van der Waals surface area contributed by atoms with E-state index in [1.807, 2.05) is 0 Å². The molecule has 1 unspecified atom stereocenters. The van der Waals surface area contributed by atoms with Crippen LogP contribution < -0.4 is 0 Å². The predicted molar refractivity (Wildman–Crippen MR) is 100.0 cm³/mol. The number of rotatable bonds is 3. The number of fused-ring (bicyclic) bond motifs is 1. The molecule has 0 bridgehead atoms. The Labute approximate surface area is 155 Å². The number of hydrogen-bond acceptors (Lipinski definition) is 4. The number of phenols is 1. The molecule has 0 amide bonds. The maximum absolute atomic E-state index is 13.1. The summed E-state index contributed by atoms with van der Waals surface area (Å²) in [4.78, 5) is 25.2. The van der Waals surface area contributed by atoms with Gasteiger partial charge < -0.3 is 9.84 Å². The minimum absolute atomic E-state index is 0.0620. The predicted octanol–water partition coefficient (Wildman–Crippen LogP) is 4.27. The number of methoxy groups -OCH3 is 1. The van der Waals surface area contributed by atoms with Crippen LogP contribution in [0.3, 0.4) is 0 Å². The second-order valence-electron chi connectivity index (χ2n) is 6.09. The molecule has 0 fully saturated rings. The lowest BCUT2D eigenvalue weighted by atomic mass is 9.98. The highest BCUT2D eigenvalue weighted by molar-refractivity contribution is 6.30. The van der Waals surface area contributed by atoms with Crippen LogP contribution in [-0.2, 0) is 9.53 Å². The molecule has 5 nitrogen and oxygen atoms in total. The van der Waals surface area contributed by atoms with E-state index in [0.717, 1.165) is 0 Å². The van der Waals surface area contributed by atoms with Gasteiger partial charge in [-0.3, -0.25) is 14.2 Å². The summed E-state index contributed by atoms with van der Waals surface area (Å²) in [6.07, 6.45) is 0. The van der Waals surface area contributed by atoms with Gasteiger partial charge in [-0.05, 0) is 61.9 Å². The van der Waals surface area contributed by atoms with Crippen molar-refractivity contribution in [2.75, 3.05) is 7.11 Å². The number of carbonyl (C=O) groups is 2. The van der Waals surface area contributed by atoms with Crippen molar-refractivity contribution < 1.29 is 19.4 Å². The van der Waals surface area contributed by atoms with Crippen molar-refractivity contribution in [1.29, 1.82) is 0 Å². The molecule has 3 aromatic rings. The molecular weight excluding hydrogens is 354 g/mol. The number of benzene rings is 2. The standard InChI is InChI=1S/C20H18ClNO4/c1-11(20(25)26-3)18-12(2)22(17-9-8-15(23)10-16(17)18)19(24)13-4-6-14(21)7-5-13/h4-11,23H,1-3H3. The fourth-order valence-corrected chi connectivity index (χ4v) is 3.38. The summed E-state index contributed by atoms with van der Waals surface area (Å²) >= 11 is 5.91. The molecule has 1 heterocycles. The quantitative estimate of drug-likeness (QED) is 0.698. The summed E-state index contributed by atoms with van der Waals surface area (Å²) in [5.41, 5.74) is 2.37. The van der Waals surface area contributed by atoms with Gasteiger partial charge in [0.15, 0.2) is 0 Å². The molecular formula is C20H18ClNO4. The third-order valence-electron chi connectivity index (χ3n) is 4.52. The highest BCUT2D eigenvalue weighted by atomic mass is 35.5. The van der Waals surface area contributed by atoms with Crippen molar-refractivity contribution in [2.24, 2.45) is 0 Å². The number of aromatic nitrogens is 1. The lowest BCUT2D eigenvalue weighted by Crippen LogP contribution is -2.15. The third-order valence-corrected chi connectivity index (χ3v) is 4.77. The first kappa shape index (κ1) is 18.0. The van der Waals surface area contributed by atoms with E-state index in [-0.39, 0.29) is 11.7 Å². The highest BCUT2D eigenvalue weighted by Crippen LogP contribution is 2.35. The Kier molecular flexibility index (Phi) is 4.74. The first-order valence-corrected chi connectivity index (χ1v) is 8.45. The summed E-state index contributed by atoms with van der Waals surface area (Å²) in [5.74, 6) is -1.16. The Balaban J connectivity index is 2.26. The van der Waals surface area contributed by atoms with E-state index in [1.54, 1.807) is 54.8 Å². The molecule has 1 atom stereocenters. The Morgan fingerprint density at radius 2 is 1.81 bits per heavy atom. The average Bonchev–Trinajstić information content (AvgIpc) is 2.91. The average molecular weight is 372 g/mol. The molecule has 0 aliphatic heterocycles. The van der Waals surface area contributed by atoms with Crippen molar-refractivity contribution in [3.8, 4) is 5.75 Å². The smallest absolute Gasteiger partial charge is 0.312 e. The Morgan fingerprint density at radius 1 is 1.15 bits per heavy atom. The number of esters is 1. The third kappa shape index (κ3) is 2.95. The molecule has 0 saturated heterocycles. The van der Waals surface area contributed by atoms with Crippen LogP contribution in [0.25, 0.3) is 10.9 Å². The molecule has 0 aliphatic rings. The second kappa shape index (κ2) is 6.84. The minimum atomic E-state index is -0.580. The molecule has 0 spiro atoms. The number of ether oxygens (including phenoxy) is 1. The summed E-state index contributed by atoms with van der Waals surface area (Å²) in [6.45, 7) is 3.49. The summed E-state index contributed by atoms with van der Waals surface area (Å²) in [5, 5.41) is 11.1. The molecule has 0 radical (unpaired) electrons. The van der Waals surface area contributed by atoms with Gasteiger partial charge in [0.1, 0.15) is 5.75 Å². The van der Waals surface area contributed by atoms with Crippen molar-refractivity contribution in [2.45, 2.75) is 19.8 Å². The number of carbonyl (C=O) groups excluding carboxylic acids is 2.